The molecule has 4 nitrogen and oxygen atoms in total. The second kappa shape index (κ2) is 10.5. The van der Waals surface area contributed by atoms with E-state index >= 15 is 0 Å². The van der Waals surface area contributed by atoms with E-state index in [1.54, 1.807) is 48.8 Å². The van der Waals surface area contributed by atoms with Gasteiger partial charge in [0.05, 0.1) is 12.1 Å². The van der Waals surface area contributed by atoms with E-state index in [1.807, 2.05) is 0 Å². The summed E-state index contributed by atoms with van der Waals surface area (Å²) in [5.41, 5.74) is 1.34. The minimum absolute atomic E-state index is 0. The van der Waals surface area contributed by atoms with Crippen molar-refractivity contribution in [2.24, 2.45) is 9.98 Å². The zero-order valence-electron chi connectivity index (χ0n) is 14.8. The van der Waals surface area contributed by atoms with Crippen LogP contribution in [0.3, 0.4) is 0 Å². The van der Waals surface area contributed by atoms with Crippen LogP contribution in [0, 0.1) is 0 Å². The Morgan fingerprint density at radius 2 is 1.11 bits per heavy atom. The summed E-state index contributed by atoms with van der Waals surface area (Å²) < 4.78 is 1.84. The zero-order chi connectivity index (χ0) is 18.5. The molecule has 2 aliphatic carbocycles. The molecule has 7 heteroatoms. The van der Waals surface area contributed by atoms with Crippen LogP contribution < -0.4 is 10.2 Å². The van der Waals surface area contributed by atoms with Gasteiger partial charge >= 0.3 is 19.5 Å². The van der Waals surface area contributed by atoms with Crippen molar-refractivity contribution in [3.8, 4) is 11.5 Å². The van der Waals surface area contributed by atoms with Crippen LogP contribution in [0.25, 0.3) is 0 Å². The molecule has 2 aromatic carbocycles. The Kier molecular flexibility index (Phi) is 8.65. The minimum Gasteiger partial charge on any atom is -0.872 e. The Morgan fingerprint density at radius 3 is 1.44 bits per heavy atom. The molecule has 4 rings (SSSR count). The monoisotopic (exact) mass is 540 g/mol. The largest absolute Gasteiger partial charge is 2.00 e. The van der Waals surface area contributed by atoms with Crippen molar-refractivity contribution in [3.63, 3.8) is 0 Å². The fourth-order valence-electron chi connectivity index (χ4n) is 2.06. The number of aliphatic imine (C=N–C) groups is 2. The summed E-state index contributed by atoms with van der Waals surface area (Å²) in [6, 6.07) is 11.1. The molecule has 0 radical (unpaired) electrons. The summed E-state index contributed by atoms with van der Waals surface area (Å²) in [5, 5.41) is 22.6. The predicted octanol–water partition coefficient (Wildman–Crippen LogP) is 4.21. The average molecular weight is 544 g/mol. The number of nitrogens with zero attached hydrogens (tertiary/aromatic N) is 2. The number of hydrogen-bond donors (Lipinski definition) is 0. The summed E-state index contributed by atoms with van der Waals surface area (Å²) in [5.74, 6) is 0.0696. The van der Waals surface area contributed by atoms with Crippen molar-refractivity contribution in [2.75, 3.05) is 0 Å². The Balaban J connectivity index is 0.000000187. The van der Waals surface area contributed by atoms with Gasteiger partial charge in [0.15, 0.2) is 0 Å². The van der Waals surface area contributed by atoms with Crippen LogP contribution in [0.5, 0.6) is 11.5 Å². The van der Waals surface area contributed by atoms with E-state index in [1.165, 1.54) is 25.7 Å². The predicted molar refractivity (Wildman–Crippen MR) is 108 cm³/mol. The molecule has 2 saturated carbocycles. The first-order chi connectivity index (χ1) is 12.5. The van der Waals surface area contributed by atoms with E-state index in [0.717, 1.165) is 8.95 Å². The molecule has 0 N–H and O–H groups in total. The van der Waals surface area contributed by atoms with Crippen LogP contribution in [-0.4, -0.2) is 24.5 Å². The number of halogens is 2. The molecule has 0 spiro atoms. The molecule has 0 unspecified atom stereocenters. The van der Waals surface area contributed by atoms with E-state index in [2.05, 4.69) is 41.8 Å². The number of rotatable bonds is 4. The van der Waals surface area contributed by atoms with Gasteiger partial charge in [-0.3, -0.25) is 9.98 Å². The second-order valence-corrected chi connectivity index (χ2v) is 8.21. The molecule has 0 bridgehead atoms. The zero-order valence-corrected chi connectivity index (χ0v) is 20.9. The van der Waals surface area contributed by atoms with Gasteiger partial charge in [-0.05, 0) is 61.1 Å². The van der Waals surface area contributed by atoms with Crippen LogP contribution in [0.15, 0.2) is 55.3 Å². The Labute approximate surface area is 188 Å². The maximum absolute atomic E-state index is 11.3. The van der Waals surface area contributed by atoms with Gasteiger partial charge in [-0.1, -0.05) is 55.5 Å². The van der Waals surface area contributed by atoms with Crippen LogP contribution >= 0.6 is 31.9 Å². The summed E-state index contributed by atoms with van der Waals surface area (Å²) in [4.78, 5) is 8.52. The quantitative estimate of drug-likeness (QED) is 0.428. The van der Waals surface area contributed by atoms with Gasteiger partial charge in [-0.15, -0.1) is 0 Å². The third kappa shape index (κ3) is 7.84. The van der Waals surface area contributed by atoms with Crippen LogP contribution in [0.1, 0.15) is 36.8 Å². The molecule has 136 valence electrons. The smallest absolute Gasteiger partial charge is 0.872 e. The van der Waals surface area contributed by atoms with E-state index in [9.17, 15) is 10.2 Å². The average Bonchev–Trinajstić information content (AvgIpc) is 3.52. The normalized spacial score (nSPS) is 16.1. The standard InChI is InChI=1S/2C10H10BrNO.Zn/c2*11-8-1-4-10(13)7(5-8)6-12-9-2-3-9;/h2*1,4-6,9,13H,2-3H2;/q;;+2/p-2. The third-order valence-electron chi connectivity index (χ3n) is 3.89. The molecule has 0 saturated heterocycles. The van der Waals surface area contributed by atoms with Crippen molar-refractivity contribution < 1.29 is 29.7 Å². The molecule has 0 amide bonds. The van der Waals surface area contributed by atoms with Gasteiger partial charge in [-0.25, -0.2) is 0 Å². The molecule has 2 aromatic rings. The third-order valence-corrected chi connectivity index (χ3v) is 4.87. The van der Waals surface area contributed by atoms with Gasteiger partial charge in [0.2, 0.25) is 0 Å². The summed E-state index contributed by atoms with van der Waals surface area (Å²) >= 11 is 6.64. The Bertz CT molecular complexity index is 765. The van der Waals surface area contributed by atoms with E-state index in [-0.39, 0.29) is 31.0 Å². The molecule has 27 heavy (non-hydrogen) atoms. The van der Waals surface area contributed by atoms with Gasteiger partial charge in [0.1, 0.15) is 0 Å². The van der Waals surface area contributed by atoms with Crippen molar-refractivity contribution in [1.29, 1.82) is 0 Å². The van der Waals surface area contributed by atoms with E-state index < -0.39 is 0 Å². The van der Waals surface area contributed by atoms with Gasteiger partial charge in [-0.2, -0.15) is 0 Å². The van der Waals surface area contributed by atoms with Crippen molar-refractivity contribution in [2.45, 2.75) is 37.8 Å². The first-order valence-corrected chi connectivity index (χ1v) is 10.1. The molecule has 0 aliphatic heterocycles. The van der Waals surface area contributed by atoms with Gasteiger partial charge < -0.3 is 10.2 Å². The van der Waals surface area contributed by atoms with Crippen LogP contribution in [-0.2, 0) is 19.5 Å². The molecular weight excluding hydrogens is 525 g/mol. The molecule has 0 atom stereocenters. The Morgan fingerprint density at radius 1 is 0.741 bits per heavy atom. The molecule has 0 heterocycles. The van der Waals surface area contributed by atoms with Crippen LogP contribution in [0.2, 0.25) is 0 Å². The topological polar surface area (TPSA) is 70.8 Å². The van der Waals surface area contributed by atoms with E-state index in [0.29, 0.717) is 23.2 Å². The molecule has 2 aliphatic rings. The minimum atomic E-state index is 0. The van der Waals surface area contributed by atoms with Gasteiger partial charge in [0, 0.05) is 21.4 Å². The summed E-state index contributed by atoms with van der Waals surface area (Å²) in [6.07, 6.45) is 8.03. The number of benzene rings is 2. The summed E-state index contributed by atoms with van der Waals surface area (Å²) in [7, 11) is 0. The van der Waals surface area contributed by atoms with Crippen LogP contribution in [0.4, 0.5) is 0 Å². The van der Waals surface area contributed by atoms with Crippen molar-refractivity contribution >= 4 is 44.3 Å². The SMILES string of the molecule is [O-]c1ccc(Br)cc1C=NC1CC1.[O-]c1ccc(Br)cc1C=NC1CC1.[Zn+2]. The maximum atomic E-state index is 11.3. The molecule has 0 aromatic heterocycles. The Hall–Kier alpha value is -1.04. The summed E-state index contributed by atoms with van der Waals surface area (Å²) in [6.45, 7) is 0. The van der Waals surface area contributed by atoms with Crippen molar-refractivity contribution in [1.82, 2.24) is 0 Å². The van der Waals surface area contributed by atoms with Crippen molar-refractivity contribution in [3.05, 3.63) is 56.5 Å². The molecular formula is C20H18Br2N2O2Zn. The number of hydrogen-bond acceptors (Lipinski definition) is 4. The first-order valence-electron chi connectivity index (χ1n) is 8.51. The fraction of sp³-hybridized carbons (Fsp3) is 0.300. The maximum Gasteiger partial charge on any atom is 2.00 e. The fourth-order valence-corrected chi connectivity index (χ4v) is 2.82. The molecule has 2 fully saturated rings. The second-order valence-electron chi connectivity index (χ2n) is 6.38. The van der Waals surface area contributed by atoms with E-state index in [4.69, 9.17) is 0 Å². The first kappa shape index (κ1) is 22.3. The van der Waals surface area contributed by atoms with Gasteiger partial charge in [0.25, 0.3) is 0 Å².